The summed E-state index contributed by atoms with van der Waals surface area (Å²) in [5.41, 5.74) is 1.35. The van der Waals surface area contributed by atoms with Crippen molar-refractivity contribution in [3.05, 3.63) is 64.1 Å². The van der Waals surface area contributed by atoms with Gasteiger partial charge >= 0.3 is 6.09 Å². The molecule has 0 fully saturated rings. The average molecular weight is 367 g/mol. The van der Waals surface area contributed by atoms with E-state index in [1.807, 2.05) is 30.3 Å². The predicted molar refractivity (Wildman–Crippen MR) is 94.3 cm³/mol. The molecule has 2 aromatic carbocycles. The van der Waals surface area contributed by atoms with Crippen LogP contribution in [0.3, 0.4) is 0 Å². The van der Waals surface area contributed by atoms with E-state index in [1.54, 1.807) is 19.1 Å². The minimum absolute atomic E-state index is 0.133. The van der Waals surface area contributed by atoms with Gasteiger partial charge in [-0.25, -0.2) is 4.79 Å². The van der Waals surface area contributed by atoms with E-state index >= 15 is 0 Å². The molecule has 7 heteroatoms. The van der Waals surface area contributed by atoms with Crippen LogP contribution in [0.2, 0.25) is 10.0 Å². The number of amides is 2. The van der Waals surface area contributed by atoms with Crippen LogP contribution < -0.4 is 10.6 Å². The van der Waals surface area contributed by atoms with Crippen molar-refractivity contribution in [2.24, 2.45) is 0 Å². The van der Waals surface area contributed by atoms with Gasteiger partial charge in [-0.3, -0.25) is 4.79 Å². The van der Waals surface area contributed by atoms with Crippen LogP contribution in [0.25, 0.3) is 0 Å². The summed E-state index contributed by atoms with van der Waals surface area (Å²) >= 11 is 11.7. The standard InChI is InChI=1S/C17H16Cl2N2O3/c1-11(16(22)21-13-7-8-14(18)15(19)9-13)20-17(23)24-10-12-5-3-2-4-6-12/h2-9,11H,10H2,1H3,(H,20,23)(H,21,22)/t11-/m0/s1. The maximum absolute atomic E-state index is 12.1. The van der Waals surface area contributed by atoms with Gasteiger partial charge in [0.05, 0.1) is 10.0 Å². The third-order valence-corrected chi connectivity index (χ3v) is 3.87. The van der Waals surface area contributed by atoms with Crippen LogP contribution in [0.5, 0.6) is 0 Å². The molecule has 0 saturated heterocycles. The normalized spacial score (nSPS) is 11.5. The molecule has 2 aromatic rings. The Morgan fingerprint density at radius 1 is 1.08 bits per heavy atom. The molecule has 0 unspecified atom stereocenters. The number of ether oxygens (including phenoxy) is 1. The van der Waals surface area contributed by atoms with E-state index in [9.17, 15) is 9.59 Å². The Hall–Kier alpha value is -2.24. The molecule has 0 aliphatic heterocycles. The molecule has 2 N–H and O–H groups in total. The Kier molecular flexibility index (Phi) is 6.46. The second-order valence-electron chi connectivity index (χ2n) is 5.05. The Morgan fingerprint density at radius 3 is 2.46 bits per heavy atom. The van der Waals surface area contributed by atoms with Crippen molar-refractivity contribution in [2.45, 2.75) is 19.6 Å². The molecule has 24 heavy (non-hydrogen) atoms. The lowest BCUT2D eigenvalue weighted by Crippen LogP contribution is -2.41. The first-order valence-electron chi connectivity index (χ1n) is 7.19. The fraction of sp³-hybridized carbons (Fsp3) is 0.176. The molecule has 5 nitrogen and oxygen atoms in total. The molecule has 0 aliphatic carbocycles. The van der Waals surface area contributed by atoms with Crippen molar-refractivity contribution >= 4 is 40.9 Å². The van der Waals surface area contributed by atoms with Gasteiger partial charge in [-0.2, -0.15) is 0 Å². The van der Waals surface area contributed by atoms with Crippen LogP contribution in [-0.4, -0.2) is 18.0 Å². The number of halogens is 2. The number of anilines is 1. The maximum Gasteiger partial charge on any atom is 0.408 e. The smallest absolute Gasteiger partial charge is 0.408 e. The lowest BCUT2D eigenvalue weighted by atomic mass is 10.2. The largest absolute Gasteiger partial charge is 0.445 e. The molecule has 126 valence electrons. The Labute approximate surface area is 149 Å². The first-order valence-corrected chi connectivity index (χ1v) is 7.94. The molecular formula is C17H16Cl2N2O3. The maximum atomic E-state index is 12.1. The average Bonchev–Trinajstić information content (AvgIpc) is 2.57. The van der Waals surface area contributed by atoms with E-state index in [0.717, 1.165) is 5.56 Å². The van der Waals surface area contributed by atoms with Gasteiger partial charge in [-0.05, 0) is 30.7 Å². The highest BCUT2D eigenvalue weighted by atomic mass is 35.5. The minimum Gasteiger partial charge on any atom is -0.445 e. The third-order valence-electron chi connectivity index (χ3n) is 3.13. The van der Waals surface area contributed by atoms with Crippen molar-refractivity contribution in [1.29, 1.82) is 0 Å². The van der Waals surface area contributed by atoms with Crippen LogP contribution >= 0.6 is 23.2 Å². The van der Waals surface area contributed by atoms with E-state index in [4.69, 9.17) is 27.9 Å². The lowest BCUT2D eigenvalue weighted by molar-refractivity contribution is -0.117. The summed E-state index contributed by atoms with van der Waals surface area (Å²) in [5.74, 6) is -0.398. The van der Waals surface area contributed by atoms with Crippen molar-refractivity contribution < 1.29 is 14.3 Å². The van der Waals surface area contributed by atoms with E-state index in [1.165, 1.54) is 6.07 Å². The van der Waals surface area contributed by atoms with Crippen LogP contribution in [0.4, 0.5) is 10.5 Å². The summed E-state index contributed by atoms with van der Waals surface area (Å²) in [5, 5.41) is 5.83. The quantitative estimate of drug-likeness (QED) is 0.830. The fourth-order valence-corrected chi connectivity index (χ4v) is 2.13. The Bertz CT molecular complexity index is 723. The molecular weight excluding hydrogens is 351 g/mol. The first kappa shape index (κ1) is 18.1. The second kappa shape index (κ2) is 8.57. The summed E-state index contributed by atoms with van der Waals surface area (Å²) in [4.78, 5) is 23.8. The number of carbonyl (C=O) groups excluding carboxylic acids is 2. The van der Waals surface area contributed by atoms with Gasteiger partial charge < -0.3 is 15.4 Å². The van der Waals surface area contributed by atoms with E-state index in [0.29, 0.717) is 15.7 Å². The molecule has 0 spiro atoms. The number of nitrogens with one attached hydrogen (secondary N) is 2. The zero-order valence-corrected chi connectivity index (χ0v) is 14.4. The molecule has 2 amide bonds. The molecule has 0 saturated carbocycles. The Balaban J connectivity index is 1.82. The zero-order chi connectivity index (χ0) is 17.5. The molecule has 1 atom stereocenters. The van der Waals surface area contributed by atoms with Gasteiger partial charge in [0.15, 0.2) is 0 Å². The highest BCUT2D eigenvalue weighted by molar-refractivity contribution is 6.42. The summed E-state index contributed by atoms with van der Waals surface area (Å²) < 4.78 is 5.07. The summed E-state index contributed by atoms with van der Waals surface area (Å²) in [6.45, 7) is 1.68. The molecule has 0 heterocycles. The molecule has 0 bridgehead atoms. The third kappa shape index (κ3) is 5.44. The van der Waals surface area contributed by atoms with Crippen LogP contribution in [0, 0.1) is 0 Å². The van der Waals surface area contributed by atoms with Gasteiger partial charge in [0.2, 0.25) is 5.91 Å². The van der Waals surface area contributed by atoms with Crippen LogP contribution in [0.15, 0.2) is 48.5 Å². The van der Waals surface area contributed by atoms with Gasteiger partial charge in [0.1, 0.15) is 12.6 Å². The van der Waals surface area contributed by atoms with Crippen molar-refractivity contribution in [2.75, 3.05) is 5.32 Å². The monoisotopic (exact) mass is 366 g/mol. The topological polar surface area (TPSA) is 67.4 Å². The zero-order valence-electron chi connectivity index (χ0n) is 12.9. The van der Waals surface area contributed by atoms with E-state index < -0.39 is 18.0 Å². The molecule has 2 rings (SSSR count). The Morgan fingerprint density at radius 2 is 1.79 bits per heavy atom. The van der Waals surface area contributed by atoms with Crippen molar-refractivity contribution in [3.8, 4) is 0 Å². The first-order chi connectivity index (χ1) is 11.5. The van der Waals surface area contributed by atoms with Gasteiger partial charge in [-0.15, -0.1) is 0 Å². The highest BCUT2D eigenvalue weighted by Crippen LogP contribution is 2.25. The number of carbonyl (C=O) groups is 2. The molecule has 0 aliphatic rings. The molecule has 0 aromatic heterocycles. The van der Waals surface area contributed by atoms with Gasteiger partial charge in [0, 0.05) is 5.69 Å². The summed E-state index contributed by atoms with van der Waals surface area (Å²) in [7, 11) is 0. The van der Waals surface area contributed by atoms with Crippen molar-refractivity contribution in [1.82, 2.24) is 5.32 Å². The molecule has 0 radical (unpaired) electrons. The number of benzene rings is 2. The summed E-state index contributed by atoms with van der Waals surface area (Å²) in [6, 6.07) is 13.2. The SMILES string of the molecule is C[C@H](NC(=O)OCc1ccccc1)C(=O)Nc1ccc(Cl)c(Cl)c1. The van der Waals surface area contributed by atoms with E-state index in [-0.39, 0.29) is 6.61 Å². The minimum atomic E-state index is -0.775. The van der Waals surface area contributed by atoms with Crippen molar-refractivity contribution in [3.63, 3.8) is 0 Å². The number of hydrogen-bond acceptors (Lipinski definition) is 3. The van der Waals surface area contributed by atoms with E-state index in [2.05, 4.69) is 10.6 Å². The second-order valence-corrected chi connectivity index (χ2v) is 5.86. The highest BCUT2D eigenvalue weighted by Gasteiger charge is 2.16. The predicted octanol–water partition coefficient (Wildman–Crippen LogP) is 4.25. The lowest BCUT2D eigenvalue weighted by Gasteiger charge is -2.14. The summed E-state index contributed by atoms with van der Waals surface area (Å²) in [6.07, 6.45) is -0.671. The van der Waals surface area contributed by atoms with Gasteiger partial charge in [-0.1, -0.05) is 53.5 Å². The van der Waals surface area contributed by atoms with Crippen LogP contribution in [-0.2, 0) is 16.1 Å². The van der Waals surface area contributed by atoms with Gasteiger partial charge in [0.25, 0.3) is 0 Å². The number of alkyl carbamates (subject to hydrolysis) is 1. The fourth-order valence-electron chi connectivity index (χ4n) is 1.83. The number of rotatable bonds is 5. The van der Waals surface area contributed by atoms with Crippen LogP contribution in [0.1, 0.15) is 12.5 Å². The number of hydrogen-bond donors (Lipinski definition) is 2.